The average molecular weight is 453 g/mol. The normalized spacial score (nSPS) is 11.4. The Labute approximate surface area is 198 Å². The number of pyridine rings is 2. The molecule has 5 rings (SSSR count). The lowest BCUT2D eigenvalue weighted by molar-refractivity contribution is -0.511. The van der Waals surface area contributed by atoms with Gasteiger partial charge in [0, 0.05) is 18.2 Å². The number of rotatable bonds is 6. The van der Waals surface area contributed by atoms with Crippen molar-refractivity contribution < 1.29 is 23.3 Å². The fourth-order valence-corrected chi connectivity index (χ4v) is 4.40. The lowest BCUT2D eigenvalue weighted by Gasteiger charge is -2.12. The first-order valence-electron chi connectivity index (χ1n) is 11.0. The minimum absolute atomic E-state index is 0.691. The van der Waals surface area contributed by atoms with Crippen molar-refractivity contribution in [2.24, 2.45) is 0 Å². The van der Waals surface area contributed by atoms with Crippen molar-refractivity contribution in [3.8, 4) is 23.0 Å². The van der Waals surface area contributed by atoms with Gasteiger partial charge in [0.25, 0.3) is 0 Å². The van der Waals surface area contributed by atoms with E-state index in [1.165, 1.54) is 0 Å². The predicted octanol–water partition coefficient (Wildman–Crippen LogP) is 5.94. The molecule has 0 amide bonds. The van der Waals surface area contributed by atoms with Gasteiger partial charge < -0.3 is 18.9 Å². The summed E-state index contributed by atoms with van der Waals surface area (Å²) < 4.78 is 24.5. The predicted molar refractivity (Wildman–Crippen MR) is 136 cm³/mol. The van der Waals surface area contributed by atoms with Crippen molar-refractivity contribution in [1.82, 2.24) is 0 Å². The molecule has 0 N–H and O–H groups in total. The van der Waals surface area contributed by atoms with Gasteiger partial charge in [0.15, 0.2) is 29.2 Å². The van der Waals surface area contributed by atoms with E-state index < -0.39 is 0 Å². The van der Waals surface area contributed by atoms with Gasteiger partial charge in [0.05, 0.1) is 39.2 Å². The monoisotopic (exact) mass is 452 g/mol. The molecule has 0 saturated carbocycles. The number of nitrogens with zero attached hydrogens (tertiary/aromatic N) is 1. The van der Waals surface area contributed by atoms with E-state index in [1.807, 2.05) is 42.5 Å². The van der Waals surface area contributed by atoms with Crippen LogP contribution in [0.3, 0.4) is 0 Å². The first-order valence-corrected chi connectivity index (χ1v) is 11.0. The Hall–Kier alpha value is -4.25. The van der Waals surface area contributed by atoms with Crippen LogP contribution in [0.5, 0.6) is 23.0 Å². The molecule has 0 aliphatic carbocycles. The molecule has 170 valence electrons. The van der Waals surface area contributed by atoms with Crippen molar-refractivity contribution in [3.05, 3.63) is 84.2 Å². The Morgan fingerprint density at radius 3 is 1.82 bits per heavy atom. The summed E-state index contributed by atoms with van der Waals surface area (Å²) in [5.74, 6) is 2.78. The summed E-state index contributed by atoms with van der Waals surface area (Å²) >= 11 is 0. The summed E-state index contributed by atoms with van der Waals surface area (Å²) in [5.41, 5.74) is 3.21. The summed E-state index contributed by atoms with van der Waals surface area (Å²) in [6, 6.07) is 22.6. The molecule has 5 heteroatoms. The largest absolute Gasteiger partial charge is 0.493 e. The van der Waals surface area contributed by atoms with Gasteiger partial charge in [-0.1, -0.05) is 30.3 Å². The second-order valence-electron chi connectivity index (χ2n) is 7.93. The smallest absolute Gasteiger partial charge is 0.219 e. The van der Waals surface area contributed by atoms with E-state index in [0.29, 0.717) is 23.0 Å². The zero-order valence-electron chi connectivity index (χ0n) is 19.7. The SMILES string of the molecule is COc1cc2cc3c4cc(OC)c(OC)cc4cc[n+]3c(C=Cc3ccccc3)c2cc1OC. The average Bonchev–Trinajstić information content (AvgIpc) is 2.89. The fourth-order valence-electron chi connectivity index (χ4n) is 4.40. The number of methoxy groups -OCH3 is 4. The van der Waals surface area contributed by atoms with Crippen molar-refractivity contribution in [2.45, 2.75) is 0 Å². The molecule has 0 aliphatic rings. The molecule has 0 unspecified atom stereocenters. The molecule has 0 radical (unpaired) electrons. The molecule has 0 spiro atoms. The van der Waals surface area contributed by atoms with Crippen LogP contribution in [0.1, 0.15) is 11.3 Å². The first-order chi connectivity index (χ1) is 16.7. The maximum atomic E-state index is 5.61. The topological polar surface area (TPSA) is 41.0 Å². The Bertz CT molecular complexity index is 1540. The Morgan fingerprint density at radius 2 is 1.18 bits per heavy atom. The van der Waals surface area contributed by atoms with Crippen LogP contribution in [-0.4, -0.2) is 28.4 Å². The maximum absolute atomic E-state index is 5.61. The zero-order valence-corrected chi connectivity index (χ0v) is 19.7. The molecule has 0 fully saturated rings. The summed E-state index contributed by atoms with van der Waals surface area (Å²) in [5, 5.41) is 4.23. The molecule has 3 aromatic carbocycles. The summed E-state index contributed by atoms with van der Waals surface area (Å²) in [6.45, 7) is 0. The standard InChI is InChI=1S/C29H26NO4/c1-31-26-15-20-12-13-30-24(11-10-19-8-6-5-7-9-19)23-18-29(34-4)27(32-2)16-21(23)14-25(30)22(20)17-28(26)33-3/h5-18H,1-4H3/q+1. The Kier molecular flexibility index (Phi) is 5.68. The lowest BCUT2D eigenvalue weighted by atomic mass is 10.0. The van der Waals surface area contributed by atoms with E-state index in [0.717, 1.165) is 38.3 Å². The highest BCUT2D eigenvalue weighted by molar-refractivity contribution is 6.01. The lowest BCUT2D eigenvalue weighted by Crippen LogP contribution is -2.26. The molecule has 5 nitrogen and oxygen atoms in total. The minimum atomic E-state index is 0.691. The number of benzene rings is 3. The minimum Gasteiger partial charge on any atom is -0.493 e. The van der Waals surface area contributed by atoms with Gasteiger partial charge in [0.2, 0.25) is 11.2 Å². The highest BCUT2D eigenvalue weighted by Gasteiger charge is 2.20. The summed E-state index contributed by atoms with van der Waals surface area (Å²) in [4.78, 5) is 0. The van der Waals surface area contributed by atoms with E-state index in [4.69, 9.17) is 18.9 Å². The third kappa shape index (κ3) is 3.65. The van der Waals surface area contributed by atoms with Gasteiger partial charge in [-0.25, -0.2) is 0 Å². The molecule has 0 aliphatic heterocycles. The third-order valence-electron chi connectivity index (χ3n) is 6.11. The first kappa shape index (κ1) is 21.6. The van der Waals surface area contributed by atoms with Gasteiger partial charge in [0.1, 0.15) is 0 Å². The van der Waals surface area contributed by atoms with E-state index in [2.05, 4.69) is 47.0 Å². The molecular formula is C29H26NO4+. The number of ether oxygens (including phenoxy) is 4. The Balaban J connectivity index is 1.88. The van der Waals surface area contributed by atoms with Crippen LogP contribution in [-0.2, 0) is 0 Å². The van der Waals surface area contributed by atoms with Crippen LogP contribution in [0, 0.1) is 0 Å². The molecule has 0 atom stereocenters. The van der Waals surface area contributed by atoms with Gasteiger partial charge >= 0.3 is 0 Å². The van der Waals surface area contributed by atoms with E-state index in [-0.39, 0.29) is 0 Å². The number of hydrogen-bond donors (Lipinski definition) is 0. The second kappa shape index (κ2) is 8.94. The van der Waals surface area contributed by atoms with Crippen LogP contribution >= 0.6 is 0 Å². The zero-order chi connectivity index (χ0) is 23.7. The fraction of sp³-hybridized carbons (Fsp3) is 0.138. The summed E-state index contributed by atoms with van der Waals surface area (Å²) in [7, 11) is 6.62. The van der Waals surface area contributed by atoms with Gasteiger partial charge in [-0.3, -0.25) is 0 Å². The maximum Gasteiger partial charge on any atom is 0.219 e. The number of aromatic nitrogens is 1. The van der Waals surface area contributed by atoms with Crippen LogP contribution in [0.2, 0.25) is 0 Å². The summed E-state index contributed by atoms with van der Waals surface area (Å²) in [6.07, 6.45) is 6.35. The van der Waals surface area contributed by atoms with Crippen LogP contribution < -0.4 is 23.3 Å². The van der Waals surface area contributed by atoms with Crippen LogP contribution in [0.25, 0.3) is 39.2 Å². The number of fused-ring (bicyclic) bond motifs is 4. The highest BCUT2D eigenvalue weighted by atomic mass is 16.5. The van der Waals surface area contributed by atoms with Gasteiger partial charge in [-0.15, -0.1) is 0 Å². The Morgan fingerprint density at radius 1 is 0.588 bits per heavy atom. The second-order valence-corrected chi connectivity index (χ2v) is 7.93. The molecule has 2 aromatic heterocycles. The molecule has 5 aromatic rings. The molecule has 0 saturated heterocycles. The van der Waals surface area contributed by atoms with E-state index >= 15 is 0 Å². The molecular weight excluding hydrogens is 426 g/mol. The number of hydrogen-bond acceptors (Lipinski definition) is 4. The van der Waals surface area contributed by atoms with E-state index in [1.54, 1.807) is 28.4 Å². The van der Waals surface area contributed by atoms with Crippen molar-refractivity contribution >= 4 is 39.2 Å². The van der Waals surface area contributed by atoms with Crippen LogP contribution in [0.4, 0.5) is 0 Å². The van der Waals surface area contributed by atoms with Crippen LogP contribution in [0.15, 0.2) is 72.9 Å². The van der Waals surface area contributed by atoms with E-state index in [9.17, 15) is 0 Å². The van der Waals surface area contributed by atoms with Crippen molar-refractivity contribution in [2.75, 3.05) is 28.4 Å². The van der Waals surface area contributed by atoms with Gasteiger partial charge in [-0.2, -0.15) is 4.40 Å². The molecule has 2 heterocycles. The van der Waals surface area contributed by atoms with Gasteiger partial charge in [-0.05, 0) is 46.7 Å². The molecule has 0 bridgehead atoms. The van der Waals surface area contributed by atoms with Crippen molar-refractivity contribution in [1.29, 1.82) is 0 Å². The highest BCUT2D eigenvalue weighted by Crippen LogP contribution is 2.37. The third-order valence-corrected chi connectivity index (χ3v) is 6.11. The quantitative estimate of drug-likeness (QED) is 0.182. The molecule has 34 heavy (non-hydrogen) atoms. The van der Waals surface area contributed by atoms with Crippen molar-refractivity contribution in [3.63, 3.8) is 0 Å².